The van der Waals surface area contributed by atoms with Crippen molar-refractivity contribution in [2.24, 2.45) is 5.92 Å². The Morgan fingerprint density at radius 1 is 1.00 bits per heavy atom. The Morgan fingerprint density at radius 2 is 1.72 bits per heavy atom. The van der Waals surface area contributed by atoms with Crippen LogP contribution in [0.5, 0.6) is 5.75 Å². The molecule has 0 saturated heterocycles. The van der Waals surface area contributed by atoms with E-state index in [-0.39, 0.29) is 0 Å². The quantitative estimate of drug-likeness (QED) is 0.511. The number of benzene rings is 2. The second kappa shape index (κ2) is 15.8. The number of rotatable bonds is 6. The van der Waals surface area contributed by atoms with E-state index in [9.17, 15) is 5.11 Å². The molecule has 0 bridgehead atoms. The summed E-state index contributed by atoms with van der Waals surface area (Å²) in [6, 6.07) is 18.3. The average molecular weight is 396 g/mol. The molecule has 2 unspecified atom stereocenters. The molecule has 29 heavy (non-hydrogen) atoms. The lowest BCUT2D eigenvalue weighted by atomic mass is 9.75. The number of nitrogens with one attached hydrogen (secondary N) is 1. The van der Waals surface area contributed by atoms with Crippen molar-refractivity contribution in [3.63, 3.8) is 0 Å². The topological polar surface area (TPSA) is 32.3 Å². The van der Waals surface area contributed by atoms with Crippen LogP contribution in [0.2, 0.25) is 0 Å². The van der Waals surface area contributed by atoms with Crippen LogP contribution in [0, 0.1) is 5.92 Å². The van der Waals surface area contributed by atoms with Crippen molar-refractivity contribution >= 4 is 0 Å². The summed E-state index contributed by atoms with van der Waals surface area (Å²) in [5.74, 6) is 1.65. The summed E-state index contributed by atoms with van der Waals surface area (Å²) in [4.78, 5) is 0. The number of likely N-dealkylation sites (N-methyl/N-ethyl adjacent to an activating group) is 1. The van der Waals surface area contributed by atoms with E-state index in [0.29, 0.717) is 17.6 Å². The van der Waals surface area contributed by atoms with Crippen molar-refractivity contribution in [2.75, 3.05) is 13.6 Å². The average Bonchev–Trinajstić information content (AvgIpc) is 2.79. The fraction of sp³-hybridized carbons (Fsp3) is 0.481. The van der Waals surface area contributed by atoms with E-state index in [0.717, 1.165) is 19.4 Å². The predicted octanol–water partition coefficient (Wildman–Crippen LogP) is 7.11. The van der Waals surface area contributed by atoms with E-state index in [1.807, 2.05) is 39.1 Å². The van der Waals surface area contributed by atoms with Gasteiger partial charge in [-0.1, -0.05) is 88.2 Å². The second-order valence-electron chi connectivity index (χ2n) is 7.33. The van der Waals surface area contributed by atoms with E-state index >= 15 is 0 Å². The molecule has 2 atom stereocenters. The van der Waals surface area contributed by atoms with Gasteiger partial charge < -0.3 is 10.4 Å². The summed E-state index contributed by atoms with van der Waals surface area (Å²) >= 11 is 0. The maximum Gasteiger partial charge on any atom is 0.115 e. The Balaban J connectivity index is 0.000000299. The van der Waals surface area contributed by atoms with Crippen LogP contribution in [0.4, 0.5) is 0 Å². The van der Waals surface area contributed by atoms with Gasteiger partial charge in [0.1, 0.15) is 5.75 Å². The van der Waals surface area contributed by atoms with Crippen LogP contribution < -0.4 is 5.32 Å². The smallest absolute Gasteiger partial charge is 0.115 e. The van der Waals surface area contributed by atoms with Gasteiger partial charge in [-0.25, -0.2) is 0 Å². The predicted molar refractivity (Wildman–Crippen MR) is 128 cm³/mol. The highest BCUT2D eigenvalue weighted by atomic mass is 16.3. The molecule has 3 rings (SSSR count). The summed E-state index contributed by atoms with van der Waals surface area (Å²) in [5.41, 5.74) is 2.70. The molecule has 2 heteroatoms. The highest BCUT2D eigenvalue weighted by Crippen LogP contribution is 2.39. The van der Waals surface area contributed by atoms with Crippen LogP contribution in [0.15, 0.2) is 66.7 Å². The lowest BCUT2D eigenvalue weighted by molar-refractivity contribution is 0.360. The van der Waals surface area contributed by atoms with Crippen molar-refractivity contribution in [1.82, 2.24) is 5.32 Å². The number of phenols is 1. The summed E-state index contributed by atoms with van der Waals surface area (Å²) < 4.78 is 0. The number of allylic oxidation sites excluding steroid dienone is 2. The third-order valence-corrected chi connectivity index (χ3v) is 5.24. The lowest BCUT2D eigenvalue weighted by Crippen LogP contribution is -2.15. The van der Waals surface area contributed by atoms with Gasteiger partial charge in [-0.05, 0) is 74.4 Å². The van der Waals surface area contributed by atoms with Gasteiger partial charge in [-0.15, -0.1) is 0 Å². The monoisotopic (exact) mass is 395 g/mol. The Morgan fingerprint density at radius 3 is 2.38 bits per heavy atom. The summed E-state index contributed by atoms with van der Waals surface area (Å²) in [6.45, 7) is 7.24. The van der Waals surface area contributed by atoms with Crippen molar-refractivity contribution in [3.8, 4) is 5.75 Å². The van der Waals surface area contributed by atoms with Gasteiger partial charge in [-0.2, -0.15) is 0 Å². The van der Waals surface area contributed by atoms with Crippen LogP contribution in [0.1, 0.15) is 69.9 Å². The van der Waals surface area contributed by atoms with Crippen molar-refractivity contribution in [1.29, 1.82) is 0 Å². The van der Waals surface area contributed by atoms with Crippen LogP contribution in [0.3, 0.4) is 0 Å². The van der Waals surface area contributed by atoms with Gasteiger partial charge in [0.05, 0.1) is 0 Å². The SMILES string of the molecule is CC.CC/C=C\C1CCCCC1c1cccc(O)c1.CNCCc1ccccc1. The normalized spacial score (nSPS) is 18.3. The molecule has 1 aliphatic rings. The zero-order chi connectivity index (χ0) is 21.3. The molecule has 0 aliphatic heterocycles. The third kappa shape index (κ3) is 9.80. The van der Waals surface area contributed by atoms with Crippen LogP contribution in [-0.4, -0.2) is 18.7 Å². The zero-order valence-electron chi connectivity index (χ0n) is 18.9. The van der Waals surface area contributed by atoms with E-state index in [1.165, 1.54) is 36.8 Å². The molecule has 2 aromatic carbocycles. The molecular weight excluding hydrogens is 354 g/mol. The largest absolute Gasteiger partial charge is 0.508 e. The molecule has 2 N–H and O–H groups in total. The molecule has 0 radical (unpaired) electrons. The van der Waals surface area contributed by atoms with Crippen molar-refractivity contribution in [2.45, 2.75) is 65.2 Å². The number of hydrogen-bond acceptors (Lipinski definition) is 2. The van der Waals surface area contributed by atoms with E-state index in [4.69, 9.17) is 0 Å². The minimum absolute atomic E-state index is 0.395. The molecular formula is C27H41NO. The van der Waals surface area contributed by atoms with Gasteiger partial charge >= 0.3 is 0 Å². The molecule has 0 spiro atoms. The standard InChI is InChI=1S/C16H22O.C9H13N.C2H6/c1-2-3-7-13-8-4-5-11-16(13)14-9-6-10-15(17)12-14;1-10-8-7-9-5-3-2-4-6-9;1-2/h3,6-7,9-10,12-13,16-17H,2,4-5,8,11H2,1H3;2-6,10H,7-8H2,1H3;1-2H3/b7-3-;;. The minimum atomic E-state index is 0.395. The highest BCUT2D eigenvalue weighted by Gasteiger charge is 2.24. The fourth-order valence-corrected chi connectivity index (χ4v) is 3.78. The molecule has 0 heterocycles. The van der Waals surface area contributed by atoms with Gasteiger partial charge in [0.15, 0.2) is 0 Å². The fourth-order valence-electron chi connectivity index (χ4n) is 3.78. The molecule has 0 amide bonds. The van der Waals surface area contributed by atoms with Gasteiger partial charge in [0.2, 0.25) is 0 Å². The van der Waals surface area contributed by atoms with Crippen LogP contribution >= 0.6 is 0 Å². The van der Waals surface area contributed by atoms with Crippen LogP contribution in [-0.2, 0) is 6.42 Å². The molecule has 160 valence electrons. The van der Waals surface area contributed by atoms with Gasteiger partial charge in [0.25, 0.3) is 0 Å². The minimum Gasteiger partial charge on any atom is -0.508 e. The van der Waals surface area contributed by atoms with Gasteiger partial charge in [0, 0.05) is 0 Å². The zero-order valence-corrected chi connectivity index (χ0v) is 18.9. The molecule has 2 nitrogen and oxygen atoms in total. The van der Waals surface area contributed by atoms with E-state index in [1.54, 1.807) is 6.07 Å². The highest BCUT2D eigenvalue weighted by molar-refractivity contribution is 5.31. The summed E-state index contributed by atoms with van der Waals surface area (Å²) in [7, 11) is 1.98. The first kappa shape index (κ1) is 25.0. The first-order chi connectivity index (χ1) is 14.2. The van der Waals surface area contributed by atoms with Crippen LogP contribution in [0.25, 0.3) is 0 Å². The molecule has 1 saturated carbocycles. The molecule has 1 fully saturated rings. The van der Waals surface area contributed by atoms with E-state index < -0.39 is 0 Å². The molecule has 0 aromatic heterocycles. The Kier molecular flexibility index (Phi) is 13.6. The Bertz CT molecular complexity index is 665. The number of aromatic hydroxyl groups is 1. The number of phenolic OH excluding ortho intramolecular Hbond substituents is 1. The van der Waals surface area contributed by atoms with Gasteiger partial charge in [-0.3, -0.25) is 0 Å². The molecule has 1 aliphatic carbocycles. The molecule has 2 aromatic rings. The lowest BCUT2D eigenvalue weighted by Gasteiger charge is -2.30. The summed E-state index contributed by atoms with van der Waals surface area (Å²) in [5, 5.41) is 12.7. The second-order valence-corrected chi connectivity index (χ2v) is 7.33. The first-order valence-electron chi connectivity index (χ1n) is 11.4. The maximum atomic E-state index is 9.59. The Hall–Kier alpha value is -2.06. The Labute approximate surface area is 179 Å². The maximum absolute atomic E-state index is 9.59. The third-order valence-electron chi connectivity index (χ3n) is 5.24. The number of hydrogen-bond donors (Lipinski definition) is 2. The van der Waals surface area contributed by atoms with Crippen molar-refractivity contribution < 1.29 is 5.11 Å². The van der Waals surface area contributed by atoms with Crippen molar-refractivity contribution in [3.05, 3.63) is 77.9 Å². The summed E-state index contributed by atoms with van der Waals surface area (Å²) in [6.07, 6.45) is 12.1. The first-order valence-corrected chi connectivity index (χ1v) is 11.4. The van der Waals surface area contributed by atoms with E-state index in [2.05, 4.69) is 54.7 Å².